The lowest BCUT2D eigenvalue weighted by molar-refractivity contribution is 0.0601. The minimum Gasteiger partial charge on any atom is -0.465 e. The molecule has 0 saturated heterocycles. The van der Waals surface area contributed by atoms with Gasteiger partial charge in [-0.25, -0.2) is 4.79 Å². The molecule has 0 aliphatic rings. The molecule has 0 radical (unpaired) electrons. The standard InChI is InChI=1S/C16H13NO4/c1-17-8-7-13(18)12-9-14(21-15(12)17)10-3-5-11(6-4-10)16(19)20-2/h3-9H,1-2H3. The van der Waals surface area contributed by atoms with Crippen molar-refractivity contribution >= 4 is 17.1 Å². The van der Waals surface area contributed by atoms with Crippen molar-refractivity contribution in [2.24, 2.45) is 7.05 Å². The fraction of sp³-hybridized carbons (Fsp3) is 0.125. The molecule has 0 aliphatic heterocycles. The van der Waals surface area contributed by atoms with Gasteiger partial charge >= 0.3 is 5.97 Å². The van der Waals surface area contributed by atoms with E-state index in [0.717, 1.165) is 5.56 Å². The van der Waals surface area contributed by atoms with Crippen LogP contribution in [0.5, 0.6) is 0 Å². The predicted octanol–water partition coefficient (Wildman–Crippen LogP) is 2.59. The smallest absolute Gasteiger partial charge is 0.337 e. The number of hydrogen-bond acceptors (Lipinski definition) is 4. The Labute approximate surface area is 120 Å². The van der Waals surface area contributed by atoms with Gasteiger partial charge in [-0.15, -0.1) is 0 Å². The molecule has 5 nitrogen and oxygen atoms in total. The summed E-state index contributed by atoms with van der Waals surface area (Å²) < 4.78 is 12.1. The maximum atomic E-state index is 11.8. The molecule has 3 rings (SSSR count). The molecule has 0 amide bonds. The number of hydrogen-bond donors (Lipinski definition) is 0. The molecule has 0 N–H and O–H groups in total. The first-order chi connectivity index (χ1) is 10.1. The number of nitrogens with zero attached hydrogens (tertiary/aromatic N) is 1. The second-order valence-electron chi connectivity index (χ2n) is 4.69. The Kier molecular flexibility index (Phi) is 3.10. The first-order valence-corrected chi connectivity index (χ1v) is 6.38. The summed E-state index contributed by atoms with van der Waals surface area (Å²) in [6.45, 7) is 0. The Morgan fingerprint density at radius 2 is 1.90 bits per heavy atom. The van der Waals surface area contributed by atoms with E-state index in [2.05, 4.69) is 4.74 Å². The summed E-state index contributed by atoms with van der Waals surface area (Å²) in [6.07, 6.45) is 1.66. The van der Waals surface area contributed by atoms with Crippen LogP contribution in [0.2, 0.25) is 0 Å². The molecule has 2 aromatic heterocycles. The molecular formula is C16H13NO4. The number of furan rings is 1. The highest BCUT2D eigenvalue weighted by atomic mass is 16.5. The van der Waals surface area contributed by atoms with Crippen molar-refractivity contribution in [2.75, 3.05) is 7.11 Å². The largest absolute Gasteiger partial charge is 0.465 e. The molecule has 1 aromatic carbocycles. The third-order valence-electron chi connectivity index (χ3n) is 3.34. The van der Waals surface area contributed by atoms with Crippen molar-refractivity contribution in [1.82, 2.24) is 4.57 Å². The number of fused-ring (bicyclic) bond motifs is 1. The van der Waals surface area contributed by atoms with Crippen molar-refractivity contribution in [3.8, 4) is 11.3 Å². The van der Waals surface area contributed by atoms with Crippen LogP contribution in [0.25, 0.3) is 22.4 Å². The third-order valence-corrected chi connectivity index (χ3v) is 3.34. The quantitative estimate of drug-likeness (QED) is 0.678. The van der Waals surface area contributed by atoms with Crippen molar-refractivity contribution in [3.63, 3.8) is 0 Å². The van der Waals surface area contributed by atoms with E-state index in [1.54, 1.807) is 41.1 Å². The minimum absolute atomic E-state index is 0.0794. The molecule has 2 heterocycles. The summed E-state index contributed by atoms with van der Waals surface area (Å²) in [7, 11) is 3.15. The van der Waals surface area contributed by atoms with Gasteiger partial charge in [-0.3, -0.25) is 4.79 Å². The van der Waals surface area contributed by atoms with Gasteiger partial charge in [-0.05, 0) is 18.2 Å². The van der Waals surface area contributed by atoms with Crippen LogP contribution in [0.3, 0.4) is 0 Å². The maximum Gasteiger partial charge on any atom is 0.337 e. The third kappa shape index (κ3) is 2.23. The molecule has 0 atom stereocenters. The van der Waals surface area contributed by atoms with Crippen molar-refractivity contribution in [1.29, 1.82) is 0 Å². The second kappa shape index (κ2) is 4.94. The van der Waals surface area contributed by atoms with E-state index in [9.17, 15) is 9.59 Å². The number of esters is 1. The lowest BCUT2D eigenvalue weighted by Gasteiger charge is -2.00. The number of aryl methyl sites for hydroxylation is 1. The van der Waals surface area contributed by atoms with E-state index in [0.29, 0.717) is 22.4 Å². The summed E-state index contributed by atoms with van der Waals surface area (Å²) in [5, 5.41) is 0.534. The zero-order chi connectivity index (χ0) is 15.0. The van der Waals surface area contributed by atoms with Crippen LogP contribution in [0.1, 0.15) is 10.4 Å². The van der Waals surface area contributed by atoms with Crippen LogP contribution in [-0.2, 0) is 11.8 Å². The summed E-state index contributed by atoms with van der Waals surface area (Å²) >= 11 is 0. The van der Waals surface area contributed by atoms with E-state index >= 15 is 0 Å². The van der Waals surface area contributed by atoms with Gasteiger partial charge < -0.3 is 13.7 Å². The Hall–Kier alpha value is -2.82. The van der Waals surface area contributed by atoms with Crippen LogP contribution in [0, 0.1) is 0 Å². The van der Waals surface area contributed by atoms with E-state index < -0.39 is 0 Å². The van der Waals surface area contributed by atoms with Gasteiger partial charge in [0, 0.05) is 24.9 Å². The van der Waals surface area contributed by atoms with Gasteiger partial charge in [-0.2, -0.15) is 0 Å². The van der Waals surface area contributed by atoms with Gasteiger partial charge in [0.1, 0.15) is 5.76 Å². The minimum atomic E-state index is -0.389. The Morgan fingerprint density at radius 3 is 2.52 bits per heavy atom. The molecule has 3 aromatic rings. The maximum absolute atomic E-state index is 11.8. The fourth-order valence-corrected chi connectivity index (χ4v) is 2.19. The molecule has 0 spiro atoms. The number of ether oxygens (including phenoxy) is 1. The van der Waals surface area contributed by atoms with E-state index in [-0.39, 0.29) is 11.4 Å². The molecule has 21 heavy (non-hydrogen) atoms. The van der Waals surface area contributed by atoms with Crippen molar-refractivity contribution in [3.05, 3.63) is 58.4 Å². The number of benzene rings is 1. The predicted molar refractivity (Wildman–Crippen MR) is 78.2 cm³/mol. The highest BCUT2D eigenvalue weighted by molar-refractivity contribution is 5.90. The molecule has 5 heteroatoms. The van der Waals surface area contributed by atoms with Gasteiger partial charge in [0.25, 0.3) is 0 Å². The van der Waals surface area contributed by atoms with Gasteiger partial charge in [-0.1, -0.05) is 12.1 Å². The molecule has 0 unspecified atom stereocenters. The zero-order valence-electron chi connectivity index (χ0n) is 11.6. The average Bonchev–Trinajstić information content (AvgIpc) is 2.97. The molecule has 0 bridgehead atoms. The van der Waals surface area contributed by atoms with Gasteiger partial charge in [0.2, 0.25) is 5.71 Å². The highest BCUT2D eigenvalue weighted by Gasteiger charge is 2.11. The number of carbonyl (C=O) groups excluding carboxylic acids is 1. The van der Waals surface area contributed by atoms with Crippen LogP contribution in [-0.4, -0.2) is 17.6 Å². The van der Waals surface area contributed by atoms with E-state index in [1.807, 2.05) is 7.05 Å². The number of aromatic nitrogens is 1. The van der Waals surface area contributed by atoms with Crippen LogP contribution in [0.4, 0.5) is 0 Å². The summed E-state index contributed by atoms with van der Waals surface area (Å²) in [6, 6.07) is 10.1. The Balaban J connectivity index is 2.08. The first-order valence-electron chi connectivity index (χ1n) is 6.38. The van der Waals surface area contributed by atoms with Crippen molar-refractivity contribution in [2.45, 2.75) is 0 Å². The summed E-state index contributed by atoms with van der Waals surface area (Å²) in [5.74, 6) is 0.194. The average molecular weight is 283 g/mol. The Bertz CT molecular complexity index is 871. The summed E-state index contributed by atoms with van der Waals surface area (Å²) in [4.78, 5) is 23.2. The number of carbonyl (C=O) groups is 1. The van der Waals surface area contributed by atoms with E-state index in [4.69, 9.17) is 4.42 Å². The molecule has 0 aliphatic carbocycles. The lowest BCUT2D eigenvalue weighted by atomic mass is 10.1. The van der Waals surface area contributed by atoms with E-state index in [1.165, 1.54) is 13.2 Å². The highest BCUT2D eigenvalue weighted by Crippen LogP contribution is 2.26. The van der Waals surface area contributed by atoms with Crippen LogP contribution >= 0.6 is 0 Å². The molecular weight excluding hydrogens is 270 g/mol. The monoisotopic (exact) mass is 283 g/mol. The van der Waals surface area contributed by atoms with Crippen molar-refractivity contribution < 1.29 is 13.9 Å². The Morgan fingerprint density at radius 1 is 1.19 bits per heavy atom. The summed E-state index contributed by atoms with van der Waals surface area (Å²) in [5.41, 5.74) is 1.70. The normalized spacial score (nSPS) is 10.8. The lowest BCUT2D eigenvalue weighted by Crippen LogP contribution is -2.02. The van der Waals surface area contributed by atoms with Crippen LogP contribution < -0.4 is 5.43 Å². The van der Waals surface area contributed by atoms with Crippen LogP contribution in [0.15, 0.2) is 51.8 Å². The van der Waals surface area contributed by atoms with Gasteiger partial charge in [0.05, 0.1) is 18.1 Å². The first kappa shape index (κ1) is 13.2. The second-order valence-corrected chi connectivity index (χ2v) is 4.69. The number of pyridine rings is 1. The molecule has 0 fully saturated rings. The number of methoxy groups -OCH3 is 1. The fourth-order valence-electron chi connectivity index (χ4n) is 2.19. The molecule has 106 valence electrons. The number of rotatable bonds is 2. The topological polar surface area (TPSA) is 61.4 Å². The van der Waals surface area contributed by atoms with Gasteiger partial charge in [0.15, 0.2) is 5.43 Å². The zero-order valence-corrected chi connectivity index (χ0v) is 11.6. The molecule has 0 saturated carbocycles. The SMILES string of the molecule is COC(=O)c1ccc(-c2cc3c(=O)ccn(C)c3o2)cc1.